The van der Waals surface area contributed by atoms with Crippen molar-refractivity contribution in [2.24, 2.45) is 0 Å². The quantitative estimate of drug-likeness (QED) is 0.493. The van der Waals surface area contributed by atoms with Crippen LogP contribution in [-0.2, 0) is 0 Å². The van der Waals surface area contributed by atoms with Crippen LogP contribution in [0.5, 0.6) is 0 Å². The number of nitrogens with one attached hydrogen (secondary N) is 1. The Hall–Kier alpha value is -3.70. The van der Waals surface area contributed by atoms with Gasteiger partial charge in [0.2, 0.25) is 0 Å². The van der Waals surface area contributed by atoms with Crippen LogP contribution in [0.2, 0.25) is 5.02 Å². The number of rotatable bonds is 1. The van der Waals surface area contributed by atoms with Gasteiger partial charge in [-0.3, -0.25) is 4.40 Å². The molecule has 0 bridgehead atoms. The highest BCUT2D eigenvalue weighted by Gasteiger charge is 2.21. The summed E-state index contributed by atoms with van der Waals surface area (Å²) in [5.74, 6) is 0. The fourth-order valence-electron chi connectivity index (χ4n) is 3.18. The predicted octanol–water partition coefficient (Wildman–Crippen LogP) is 2.41. The molecule has 0 saturated heterocycles. The molecule has 0 aliphatic carbocycles. The zero-order chi connectivity index (χ0) is 17.8. The summed E-state index contributed by atoms with van der Waals surface area (Å²) in [5, 5.41) is 13.6. The van der Waals surface area contributed by atoms with E-state index in [1.165, 1.54) is 10.8 Å². The number of halogens is 1. The van der Waals surface area contributed by atoms with Gasteiger partial charge in [0.25, 0.3) is 0 Å². The second kappa shape index (κ2) is 5.15. The molecular weight excluding hydrogens is 354 g/mol. The normalized spacial score (nSPS) is 11.4. The fraction of sp³-hybridized carbons (Fsp3) is 0. The minimum atomic E-state index is -0.495. The number of benzene rings is 1. The van der Waals surface area contributed by atoms with Crippen LogP contribution >= 0.6 is 11.6 Å². The number of aromatic nitrogens is 6. The molecule has 0 aliphatic heterocycles. The molecule has 0 saturated carbocycles. The highest BCUT2D eigenvalue weighted by atomic mass is 35.5. The summed E-state index contributed by atoms with van der Waals surface area (Å²) in [6.07, 6.45) is 4.80. The van der Waals surface area contributed by atoms with Crippen molar-refractivity contribution in [2.45, 2.75) is 0 Å². The van der Waals surface area contributed by atoms with E-state index in [1.807, 2.05) is 12.1 Å². The summed E-state index contributed by atoms with van der Waals surface area (Å²) in [7, 11) is 0. The molecular formula is C17H8ClN7O. The first-order valence-corrected chi connectivity index (χ1v) is 7.97. The molecule has 0 radical (unpaired) electrons. The molecule has 0 fully saturated rings. The smallest absolute Gasteiger partial charge is 0.283 e. The summed E-state index contributed by atoms with van der Waals surface area (Å²) in [6, 6.07) is 9.33. The maximum absolute atomic E-state index is 11.8. The van der Waals surface area contributed by atoms with E-state index in [-0.39, 0.29) is 0 Å². The third kappa shape index (κ3) is 1.89. The van der Waals surface area contributed by atoms with Crippen molar-refractivity contribution in [3.05, 3.63) is 64.1 Å². The van der Waals surface area contributed by atoms with Gasteiger partial charge in [0.15, 0.2) is 16.9 Å². The minimum absolute atomic E-state index is 0.371. The summed E-state index contributed by atoms with van der Waals surface area (Å²) >= 11 is 6.01. The van der Waals surface area contributed by atoms with Crippen molar-refractivity contribution in [3.63, 3.8) is 0 Å². The van der Waals surface area contributed by atoms with Gasteiger partial charge in [0.05, 0.1) is 5.39 Å². The molecule has 0 amide bonds. The van der Waals surface area contributed by atoms with Gasteiger partial charge < -0.3 is 0 Å². The molecule has 5 aromatic rings. The zero-order valence-electron chi connectivity index (χ0n) is 13.0. The molecule has 5 rings (SSSR count). The summed E-state index contributed by atoms with van der Waals surface area (Å²) in [5.41, 5.74) is 2.66. The van der Waals surface area contributed by atoms with E-state index in [4.69, 9.17) is 11.6 Å². The topological polar surface area (TPSA) is 104 Å². The number of H-pyrrole nitrogens is 1. The second-order valence-electron chi connectivity index (χ2n) is 5.66. The second-order valence-corrected chi connectivity index (χ2v) is 6.09. The molecule has 124 valence electrons. The maximum Gasteiger partial charge on any atom is 0.362 e. The van der Waals surface area contributed by atoms with Gasteiger partial charge in [-0.15, -0.1) is 0 Å². The molecule has 4 heterocycles. The van der Waals surface area contributed by atoms with Gasteiger partial charge in [-0.05, 0) is 17.7 Å². The van der Waals surface area contributed by atoms with Crippen LogP contribution in [0, 0.1) is 11.3 Å². The molecule has 9 heteroatoms. The molecule has 26 heavy (non-hydrogen) atoms. The Morgan fingerprint density at radius 3 is 2.69 bits per heavy atom. The highest BCUT2D eigenvalue weighted by molar-refractivity contribution is 6.30. The van der Waals surface area contributed by atoms with E-state index >= 15 is 0 Å². The molecule has 0 unspecified atom stereocenters. The molecule has 0 spiro atoms. The summed E-state index contributed by atoms with van der Waals surface area (Å²) in [4.78, 5) is 24.6. The average molecular weight is 362 g/mol. The lowest BCUT2D eigenvalue weighted by Gasteiger charge is -2.12. The summed E-state index contributed by atoms with van der Waals surface area (Å²) in [6.45, 7) is 0. The first kappa shape index (κ1) is 14.6. The predicted molar refractivity (Wildman–Crippen MR) is 95.0 cm³/mol. The number of nitriles is 1. The van der Waals surface area contributed by atoms with Crippen molar-refractivity contribution in [2.75, 3.05) is 0 Å². The number of nitrogens with zero attached hydrogens (tertiary/aromatic N) is 6. The van der Waals surface area contributed by atoms with Crippen LogP contribution in [0.1, 0.15) is 5.56 Å². The van der Waals surface area contributed by atoms with Crippen molar-refractivity contribution < 1.29 is 0 Å². The fourth-order valence-corrected chi connectivity index (χ4v) is 3.31. The Kier molecular flexibility index (Phi) is 2.90. The number of fused-ring (bicyclic) bond motifs is 5. The first-order chi connectivity index (χ1) is 12.7. The van der Waals surface area contributed by atoms with Crippen LogP contribution < -0.4 is 5.69 Å². The van der Waals surface area contributed by atoms with Crippen LogP contribution in [0.15, 0.2) is 47.8 Å². The minimum Gasteiger partial charge on any atom is -0.283 e. The van der Waals surface area contributed by atoms with Gasteiger partial charge >= 0.3 is 5.69 Å². The Morgan fingerprint density at radius 2 is 1.92 bits per heavy atom. The van der Waals surface area contributed by atoms with Crippen molar-refractivity contribution in [3.8, 4) is 17.2 Å². The third-order valence-electron chi connectivity index (χ3n) is 4.23. The standard InChI is InChI=1S/C17H8ClN7O/c18-10-3-1-9(2-4-10)12-11(7-19)14-20-5-6-24(14)15-13(12)16-22-17(26)23-25(16)8-21-15/h1-6,8H,(H,23,26). The SMILES string of the molecule is N#Cc1c(-c2ccc(Cl)cc2)c2c3nc(=O)[nH]n3cnc2n2ccnc12. The van der Waals surface area contributed by atoms with Gasteiger partial charge in [-0.25, -0.2) is 24.4 Å². The number of hydrogen-bond acceptors (Lipinski definition) is 5. The Bertz CT molecular complexity index is 1420. The van der Waals surface area contributed by atoms with E-state index < -0.39 is 5.69 Å². The average Bonchev–Trinajstić information content (AvgIpc) is 3.26. The first-order valence-electron chi connectivity index (χ1n) is 7.59. The van der Waals surface area contributed by atoms with Crippen LogP contribution in [0.25, 0.3) is 33.5 Å². The lowest BCUT2D eigenvalue weighted by Crippen LogP contribution is -2.02. The molecule has 1 N–H and O–H groups in total. The third-order valence-corrected chi connectivity index (χ3v) is 4.48. The number of imidazole rings is 1. The lowest BCUT2D eigenvalue weighted by molar-refractivity contribution is 0.907. The Balaban J connectivity index is 2.12. The number of pyridine rings is 1. The molecule has 0 aliphatic rings. The van der Waals surface area contributed by atoms with Gasteiger partial charge in [-0.2, -0.15) is 10.2 Å². The van der Waals surface area contributed by atoms with E-state index in [0.29, 0.717) is 38.5 Å². The molecule has 8 nitrogen and oxygen atoms in total. The molecule has 1 aromatic carbocycles. The van der Waals surface area contributed by atoms with Gasteiger partial charge in [0, 0.05) is 23.0 Å². The van der Waals surface area contributed by atoms with E-state index in [2.05, 4.69) is 26.1 Å². The van der Waals surface area contributed by atoms with Gasteiger partial charge in [-0.1, -0.05) is 23.7 Å². The maximum atomic E-state index is 11.8. The van der Waals surface area contributed by atoms with E-state index in [1.54, 1.807) is 28.9 Å². The summed E-state index contributed by atoms with van der Waals surface area (Å²) < 4.78 is 3.15. The van der Waals surface area contributed by atoms with E-state index in [0.717, 1.165) is 5.56 Å². The van der Waals surface area contributed by atoms with Crippen LogP contribution in [-0.4, -0.2) is 29.0 Å². The van der Waals surface area contributed by atoms with E-state index in [9.17, 15) is 10.1 Å². The van der Waals surface area contributed by atoms with Crippen LogP contribution in [0.4, 0.5) is 0 Å². The Morgan fingerprint density at radius 1 is 1.12 bits per heavy atom. The monoisotopic (exact) mass is 361 g/mol. The zero-order valence-corrected chi connectivity index (χ0v) is 13.8. The van der Waals surface area contributed by atoms with Crippen molar-refractivity contribution in [1.82, 2.24) is 29.0 Å². The highest BCUT2D eigenvalue weighted by Crippen LogP contribution is 2.35. The largest absolute Gasteiger partial charge is 0.362 e. The number of aromatic amines is 1. The Labute approximate surface area is 149 Å². The molecule has 4 aromatic heterocycles. The lowest BCUT2D eigenvalue weighted by atomic mass is 9.98. The molecule has 0 atom stereocenters. The van der Waals surface area contributed by atoms with Crippen LogP contribution in [0.3, 0.4) is 0 Å². The van der Waals surface area contributed by atoms with Gasteiger partial charge in [0.1, 0.15) is 18.0 Å². The van der Waals surface area contributed by atoms with Crippen molar-refractivity contribution in [1.29, 1.82) is 5.26 Å². The number of hydrogen-bond donors (Lipinski definition) is 1. The van der Waals surface area contributed by atoms with Crippen molar-refractivity contribution >= 4 is 33.9 Å².